The van der Waals surface area contributed by atoms with E-state index in [1.54, 1.807) is 24.5 Å². The van der Waals surface area contributed by atoms with Gasteiger partial charge in [0.1, 0.15) is 0 Å². The van der Waals surface area contributed by atoms with E-state index in [0.29, 0.717) is 11.5 Å². The van der Waals surface area contributed by atoms with Gasteiger partial charge in [0.15, 0.2) is 0 Å². The fourth-order valence-electron chi connectivity index (χ4n) is 4.92. The second kappa shape index (κ2) is 10.00. The number of fused-ring (bicyclic) bond motifs is 1. The number of nitrogens with one attached hydrogen (secondary N) is 2. The summed E-state index contributed by atoms with van der Waals surface area (Å²) >= 11 is 6.14. The summed E-state index contributed by atoms with van der Waals surface area (Å²) in [5.74, 6) is 0.448. The van der Waals surface area contributed by atoms with E-state index in [2.05, 4.69) is 51.5 Å². The van der Waals surface area contributed by atoms with Gasteiger partial charge in [-0.25, -0.2) is 0 Å². The zero-order valence-electron chi connectivity index (χ0n) is 19.4. The third-order valence-electron chi connectivity index (χ3n) is 6.93. The highest BCUT2D eigenvalue weighted by atomic mass is 35.5. The Labute approximate surface area is 205 Å². The molecule has 0 unspecified atom stereocenters. The zero-order chi connectivity index (χ0) is 23.5. The molecule has 0 spiro atoms. The molecule has 0 saturated carbocycles. The Kier molecular flexibility index (Phi) is 6.66. The van der Waals surface area contributed by atoms with Crippen molar-refractivity contribution in [2.75, 3.05) is 25.0 Å². The van der Waals surface area contributed by atoms with E-state index in [1.807, 2.05) is 18.2 Å². The van der Waals surface area contributed by atoms with Crippen molar-refractivity contribution in [2.24, 2.45) is 0 Å². The van der Waals surface area contributed by atoms with Crippen molar-refractivity contribution in [3.63, 3.8) is 0 Å². The molecule has 2 aromatic carbocycles. The number of piperidine rings is 1. The van der Waals surface area contributed by atoms with Crippen LogP contribution in [0.3, 0.4) is 0 Å². The van der Waals surface area contributed by atoms with Gasteiger partial charge >= 0.3 is 0 Å². The van der Waals surface area contributed by atoms with Crippen molar-refractivity contribution in [3.05, 3.63) is 94.4 Å². The van der Waals surface area contributed by atoms with E-state index < -0.39 is 0 Å². The topological polar surface area (TPSA) is 61.0 Å². The standard InChI is InChI=1S/C28H29ClN4O/c1-19-4-6-24(32-28(34)22-3-2-11-30-17-22)15-21(19)10-14-33-12-8-20(9-13-33)26-18-31-27-16-23(29)5-7-25(26)27/h2-7,11,15-18,20,31H,8-10,12-14H2,1H3,(H,32,34). The second-order valence-corrected chi connectivity index (χ2v) is 9.57. The molecule has 6 heteroatoms. The molecular weight excluding hydrogens is 444 g/mol. The molecule has 0 aliphatic carbocycles. The number of amides is 1. The lowest BCUT2D eigenvalue weighted by Gasteiger charge is -2.32. The molecule has 2 aromatic heterocycles. The average molecular weight is 473 g/mol. The largest absolute Gasteiger partial charge is 0.361 e. The third kappa shape index (κ3) is 5.01. The van der Waals surface area contributed by atoms with E-state index >= 15 is 0 Å². The lowest BCUT2D eigenvalue weighted by Crippen LogP contribution is -2.34. The Bertz CT molecular complexity index is 1290. The highest BCUT2D eigenvalue weighted by Gasteiger charge is 2.23. The lowest BCUT2D eigenvalue weighted by molar-refractivity contribution is 0.102. The number of H-pyrrole nitrogens is 1. The highest BCUT2D eigenvalue weighted by Crippen LogP contribution is 2.34. The fourth-order valence-corrected chi connectivity index (χ4v) is 5.10. The maximum absolute atomic E-state index is 12.5. The van der Waals surface area contributed by atoms with Gasteiger partial charge in [0.2, 0.25) is 0 Å². The monoisotopic (exact) mass is 472 g/mol. The van der Waals surface area contributed by atoms with Gasteiger partial charge in [-0.15, -0.1) is 0 Å². The first kappa shape index (κ1) is 22.6. The van der Waals surface area contributed by atoms with Gasteiger partial charge in [0.05, 0.1) is 5.56 Å². The van der Waals surface area contributed by atoms with Crippen LogP contribution in [0.1, 0.15) is 45.8 Å². The average Bonchev–Trinajstić information content (AvgIpc) is 3.28. The van der Waals surface area contributed by atoms with E-state index in [9.17, 15) is 4.79 Å². The summed E-state index contributed by atoms with van der Waals surface area (Å²) in [6.07, 6.45) is 8.71. The second-order valence-electron chi connectivity index (χ2n) is 9.14. The Morgan fingerprint density at radius 3 is 2.82 bits per heavy atom. The molecule has 1 aliphatic heterocycles. The van der Waals surface area contributed by atoms with Crippen LogP contribution in [0.25, 0.3) is 10.9 Å². The van der Waals surface area contributed by atoms with E-state index in [4.69, 9.17) is 11.6 Å². The number of aryl methyl sites for hydroxylation is 1. The van der Waals surface area contributed by atoms with Gasteiger partial charge in [-0.2, -0.15) is 0 Å². The predicted octanol–water partition coefficient (Wildman–Crippen LogP) is 6.20. The summed E-state index contributed by atoms with van der Waals surface area (Å²) in [6, 6.07) is 15.8. The number of halogens is 1. The van der Waals surface area contributed by atoms with Crippen molar-refractivity contribution in [1.82, 2.24) is 14.9 Å². The molecule has 34 heavy (non-hydrogen) atoms. The summed E-state index contributed by atoms with van der Waals surface area (Å²) < 4.78 is 0. The minimum absolute atomic E-state index is 0.135. The Balaban J connectivity index is 1.17. The molecule has 4 aromatic rings. The minimum atomic E-state index is -0.135. The molecule has 5 rings (SSSR count). The number of aromatic amines is 1. The van der Waals surface area contributed by atoms with Crippen LogP contribution in [-0.4, -0.2) is 40.4 Å². The number of rotatable bonds is 6. The first-order chi connectivity index (χ1) is 16.6. The maximum Gasteiger partial charge on any atom is 0.257 e. The minimum Gasteiger partial charge on any atom is -0.361 e. The molecule has 0 bridgehead atoms. The Hall–Kier alpha value is -3.15. The number of carbonyl (C=O) groups excluding carboxylic acids is 1. The van der Waals surface area contributed by atoms with Crippen LogP contribution in [-0.2, 0) is 6.42 Å². The zero-order valence-corrected chi connectivity index (χ0v) is 20.1. The molecule has 174 valence electrons. The summed E-state index contributed by atoms with van der Waals surface area (Å²) in [5, 5.41) is 5.06. The van der Waals surface area contributed by atoms with Crippen LogP contribution in [0.4, 0.5) is 5.69 Å². The van der Waals surface area contributed by atoms with Gasteiger partial charge in [-0.3, -0.25) is 9.78 Å². The summed E-state index contributed by atoms with van der Waals surface area (Å²) in [7, 11) is 0. The molecule has 1 fully saturated rings. The van der Waals surface area contributed by atoms with Crippen molar-refractivity contribution >= 4 is 34.1 Å². The Morgan fingerprint density at radius 1 is 1.18 bits per heavy atom. The van der Waals surface area contributed by atoms with Crippen molar-refractivity contribution in [3.8, 4) is 0 Å². The molecule has 1 saturated heterocycles. The van der Waals surface area contributed by atoms with Crippen molar-refractivity contribution in [1.29, 1.82) is 0 Å². The van der Waals surface area contributed by atoms with Crippen molar-refractivity contribution in [2.45, 2.75) is 32.1 Å². The number of nitrogens with zero attached hydrogens (tertiary/aromatic N) is 2. The van der Waals surface area contributed by atoms with Crippen LogP contribution in [0.2, 0.25) is 5.02 Å². The maximum atomic E-state index is 12.5. The van der Waals surface area contributed by atoms with E-state index in [0.717, 1.165) is 55.1 Å². The SMILES string of the molecule is Cc1ccc(NC(=O)c2cccnc2)cc1CCN1CCC(c2c[nH]c3cc(Cl)ccc23)CC1. The van der Waals surface area contributed by atoms with Crippen LogP contribution >= 0.6 is 11.6 Å². The normalized spacial score (nSPS) is 15.0. The number of hydrogen-bond acceptors (Lipinski definition) is 3. The van der Waals surface area contributed by atoms with Gasteiger partial charge in [-0.1, -0.05) is 23.7 Å². The molecule has 0 atom stereocenters. The van der Waals surface area contributed by atoms with Gasteiger partial charge < -0.3 is 15.2 Å². The molecule has 1 amide bonds. The van der Waals surface area contributed by atoms with Gasteiger partial charge in [-0.05, 0) is 98.3 Å². The number of benzene rings is 2. The number of pyridine rings is 1. The van der Waals surface area contributed by atoms with E-state index in [-0.39, 0.29) is 5.91 Å². The Morgan fingerprint density at radius 2 is 2.03 bits per heavy atom. The smallest absolute Gasteiger partial charge is 0.257 e. The highest BCUT2D eigenvalue weighted by molar-refractivity contribution is 6.31. The summed E-state index contributed by atoms with van der Waals surface area (Å²) in [4.78, 5) is 22.4. The first-order valence-electron chi connectivity index (χ1n) is 11.9. The fraction of sp³-hybridized carbons (Fsp3) is 0.286. The number of likely N-dealkylation sites (tertiary alicyclic amines) is 1. The van der Waals surface area contributed by atoms with Crippen LogP contribution in [0, 0.1) is 6.92 Å². The quantitative estimate of drug-likeness (QED) is 0.351. The summed E-state index contributed by atoms with van der Waals surface area (Å²) in [6.45, 7) is 5.36. The third-order valence-corrected chi connectivity index (χ3v) is 7.17. The number of anilines is 1. The molecule has 0 radical (unpaired) electrons. The van der Waals surface area contributed by atoms with Gasteiger partial charge in [0, 0.05) is 46.7 Å². The van der Waals surface area contributed by atoms with E-state index in [1.165, 1.54) is 22.1 Å². The number of hydrogen-bond donors (Lipinski definition) is 2. The molecule has 5 nitrogen and oxygen atoms in total. The van der Waals surface area contributed by atoms with Crippen molar-refractivity contribution < 1.29 is 4.79 Å². The summed E-state index contributed by atoms with van der Waals surface area (Å²) in [5.41, 5.74) is 6.46. The number of aromatic nitrogens is 2. The predicted molar refractivity (Wildman–Crippen MR) is 139 cm³/mol. The molecule has 1 aliphatic rings. The van der Waals surface area contributed by atoms with Crippen LogP contribution < -0.4 is 5.32 Å². The first-order valence-corrected chi connectivity index (χ1v) is 12.2. The molecular formula is C28H29ClN4O. The van der Waals surface area contributed by atoms with Crippen LogP contribution in [0.15, 0.2) is 67.1 Å². The van der Waals surface area contributed by atoms with Crippen LogP contribution in [0.5, 0.6) is 0 Å². The molecule has 3 heterocycles. The number of carbonyl (C=O) groups is 1. The van der Waals surface area contributed by atoms with Gasteiger partial charge in [0.25, 0.3) is 5.91 Å². The molecule has 2 N–H and O–H groups in total. The lowest BCUT2D eigenvalue weighted by atomic mass is 9.89.